The first-order chi connectivity index (χ1) is 9.61. The molecule has 0 unspecified atom stereocenters. The maximum atomic E-state index is 11.8. The fourth-order valence-electron chi connectivity index (χ4n) is 1.71. The largest absolute Gasteiger partial charge is 0.228 e. The molecule has 0 fully saturated rings. The summed E-state index contributed by atoms with van der Waals surface area (Å²) in [5, 5.41) is 12.6. The van der Waals surface area contributed by atoms with Gasteiger partial charge in [-0.25, -0.2) is 18.1 Å². The van der Waals surface area contributed by atoms with Crippen LogP contribution in [0.4, 0.5) is 0 Å². The summed E-state index contributed by atoms with van der Waals surface area (Å²) >= 11 is 0. The van der Waals surface area contributed by atoms with Crippen molar-refractivity contribution in [1.82, 2.24) is 14.8 Å². The highest BCUT2D eigenvalue weighted by Crippen LogP contribution is 2.08. The summed E-state index contributed by atoms with van der Waals surface area (Å²) in [6, 6.07) is 11.3. The van der Waals surface area contributed by atoms with Crippen molar-refractivity contribution in [2.45, 2.75) is 18.6 Å². The molecule has 104 valence electrons. The number of aromatic nitrogens is 3. The summed E-state index contributed by atoms with van der Waals surface area (Å²) in [5.74, 6) is 0.0596. The fourth-order valence-corrected chi connectivity index (χ4v) is 2.96. The van der Waals surface area contributed by atoms with Crippen LogP contribution in [0.2, 0.25) is 0 Å². The second kappa shape index (κ2) is 6.30. The minimum atomic E-state index is -3.27. The molecule has 1 heterocycles. The van der Waals surface area contributed by atoms with Gasteiger partial charge >= 0.3 is 0 Å². The van der Waals surface area contributed by atoms with Crippen molar-refractivity contribution in [3.05, 3.63) is 42.5 Å². The molecular formula is C13H14N4O2S. The van der Waals surface area contributed by atoms with Gasteiger partial charge in [-0.2, -0.15) is 10.4 Å². The first-order valence-corrected chi connectivity index (χ1v) is 7.96. The fraction of sp³-hybridized carbons (Fsp3) is 0.308. The van der Waals surface area contributed by atoms with Crippen LogP contribution in [0.25, 0.3) is 5.69 Å². The Labute approximate surface area is 117 Å². The van der Waals surface area contributed by atoms with E-state index in [0.29, 0.717) is 6.42 Å². The Hall–Kier alpha value is -2.20. The van der Waals surface area contributed by atoms with E-state index in [1.54, 1.807) is 4.68 Å². The number of rotatable bonds is 6. The van der Waals surface area contributed by atoms with Gasteiger partial charge in [-0.05, 0) is 18.6 Å². The van der Waals surface area contributed by atoms with Gasteiger partial charge < -0.3 is 0 Å². The Morgan fingerprint density at radius 1 is 1.25 bits per heavy atom. The van der Waals surface area contributed by atoms with E-state index >= 15 is 0 Å². The zero-order valence-electron chi connectivity index (χ0n) is 10.8. The molecule has 0 aliphatic carbocycles. The minimum absolute atomic E-state index is 0.0135. The maximum absolute atomic E-state index is 11.8. The third kappa shape index (κ3) is 3.90. The smallest absolute Gasteiger partial charge is 0.166 e. The van der Waals surface area contributed by atoms with Gasteiger partial charge in [0.05, 0.1) is 17.5 Å². The van der Waals surface area contributed by atoms with Gasteiger partial charge in [0.25, 0.3) is 0 Å². The molecule has 6 nitrogen and oxygen atoms in total. The van der Waals surface area contributed by atoms with Crippen molar-refractivity contribution in [3.63, 3.8) is 0 Å². The van der Waals surface area contributed by atoms with Crippen LogP contribution in [0, 0.1) is 11.3 Å². The van der Waals surface area contributed by atoms with E-state index in [9.17, 15) is 8.42 Å². The third-order valence-electron chi connectivity index (χ3n) is 2.65. The first-order valence-electron chi connectivity index (χ1n) is 6.14. The monoisotopic (exact) mass is 290 g/mol. The minimum Gasteiger partial charge on any atom is -0.228 e. The Bertz CT molecular complexity index is 701. The van der Waals surface area contributed by atoms with Gasteiger partial charge in [0.1, 0.15) is 12.1 Å². The summed E-state index contributed by atoms with van der Waals surface area (Å²) in [6.07, 6.45) is 2.08. The van der Waals surface area contributed by atoms with Crippen molar-refractivity contribution in [2.75, 3.05) is 5.75 Å². The number of benzene rings is 1. The topological polar surface area (TPSA) is 88.6 Å². The molecule has 1 aromatic heterocycles. The second-order valence-electron chi connectivity index (χ2n) is 4.29. The molecule has 0 atom stereocenters. The van der Waals surface area contributed by atoms with Gasteiger partial charge in [0.15, 0.2) is 15.7 Å². The van der Waals surface area contributed by atoms with Gasteiger partial charge in [-0.1, -0.05) is 18.2 Å². The van der Waals surface area contributed by atoms with Crippen molar-refractivity contribution in [1.29, 1.82) is 5.26 Å². The number of hydrogen-bond acceptors (Lipinski definition) is 5. The van der Waals surface area contributed by atoms with Crippen molar-refractivity contribution in [3.8, 4) is 11.8 Å². The van der Waals surface area contributed by atoms with Crippen LogP contribution >= 0.6 is 0 Å². The maximum Gasteiger partial charge on any atom is 0.166 e. The van der Waals surface area contributed by atoms with E-state index in [0.717, 1.165) is 5.69 Å². The van der Waals surface area contributed by atoms with Gasteiger partial charge in [-0.15, -0.1) is 0 Å². The van der Waals surface area contributed by atoms with Crippen LogP contribution in [0.15, 0.2) is 36.7 Å². The second-order valence-corrected chi connectivity index (χ2v) is 6.48. The number of hydrogen-bond donors (Lipinski definition) is 0. The van der Waals surface area contributed by atoms with Crippen LogP contribution < -0.4 is 0 Å². The lowest BCUT2D eigenvalue weighted by molar-refractivity contribution is 0.591. The van der Waals surface area contributed by atoms with Crippen LogP contribution in [-0.4, -0.2) is 28.9 Å². The van der Waals surface area contributed by atoms with Gasteiger partial charge in [0.2, 0.25) is 0 Å². The average Bonchev–Trinajstić information content (AvgIpc) is 2.87. The molecule has 2 aromatic rings. The molecule has 0 amide bonds. The molecular weight excluding hydrogens is 276 g/mol. The Morgan fingerprint density at radius 2 is 2.00 bits per heavy atom. The van der Waals surface area contributed by atoms with Gasteiger partial charge in [0, 0.05) is 6.42 Å². The standard InChI is InChI=1S/C13H14N4O2S/c14-8-4-5-9-20(18,19)10-13-15-11-17(16-13)12-6-2-1-3-7-12/h1-3,6-7,11H,4-5,9-10H2. The highest BCUT2D eigenvalue weighted by molar-refractivity contribution is 7.90. The molecule has 0 radical (unpaired) electrons. The average molecular weight is 290 g/mol. The summed E-state index contributed by atoms with van der Waals surface area (Å²) in [6.45, 7) is 0. The number of sulfone groups is 1. The van der Waals surface area contributed by atoms with E-state index in [2.05, 4.69) is 10.1 Å². The highest BCUT2D eigenvalue weighted by Gasteiger charge is 2.15. The normalized spacial score (nSPS) is 11.2. The van der Waals surface area contributed by atoms with E-state index in [4.69, 9.17) is 5.26 Å². The summed E-state index contributed by atoms with van der Waals surface area (Å²) in [7, 11) is -3.27. The quantitative estimate of drug-likeness (QED) is 0.752. The van der Waals surface area contributed by atoms with Gasteiger partial charge in [-0.3, -0.25) is 0 Å². The van der Waals surface area contributed by atoms with Crippen LogP contribution in [0.3, 0.4) is 0 Å². The summed E-state index contributed by atoms with van der Waals surface area (Å²) in [5.41, 5.74) is 0.827. The van der Waals surface area contributed by atoms with Crippen LogP contribution in [-0.2, 0) is 15.6 Å². The number of nitriles is 1. The Morgan fingerprint density at radius 3 is 2.70 bits per heavy atom. The van der Waals surface area contributed by atoms with Crippen molar-refractivity contribution in [2.24, 2.45) is 0 Å². The predicted octanol–water partition coefficient (Wildman–Crippen LogP) is 1.49. The Kier molecular flexibility index (Phi) is 4.48. The molecule has 7 heteroatoms. The van der Waals surface area contributed by atoms with E-state index in [-0.39, 0.29) is 23.8 Å². The summed E-state index contributed by atoms with van der Waals surface area (Å²) < 4.78 is 25.2. The molecule has 0 spiro atoms. The molecule has 0 aliphatic heterocycles. The number of para-hydroxylation sites is 1. The van der Waals surface area contributed by atoms with E-state index in [1.165, 1.54) is 6.33 Å². The lowest BCUT2D eigenvalue weighted by Crippen LogP contribution is -2.10. The zero-order valence-corrected chi connectivity index (χ0v) is 11.6. The van der Waals surface area contributed by atoms with Crippen LogP contribution in [0.1, 0.15) is 18.7 Å². The SMILES string of the molecule is N#CCCCS(=O)(=O)Cc1ncn(-c2ccccc2)n1. The molecule has 0 saturated heterocycles. The van der Waals surface area contributed by atoms with Crippen molar-refractivity contribution >= 4 is 9.84 Å². The first kappa shape index (κ1) is 14.2. The van der Waals surface area contributed by atoms with E-state index < -0.39 is 9.84 Å². The highest BCUT2D eigenvalue weighted by atomic mass is 32.2. The molecule has 0 aliphatic rings. The van der Waals surface area contributed by atoms with Crippen LogP contribution in [0.5, 0.6) is 0 Å². The number of nitrogens with zero attached hydrogens (tertiary/aromatic N) is 4. The summed E-state index contributed by atoms with van der Waals surface area (Å²) in [4.78, 5) is 4.01. The Balaban J connectivity index is 2.05. The molecule has 0 bridgehead atoms. The number of unbranched alkanes of at least 4 members (excludes halogenated alkanes) is 1. The van der Waals surface area contributed by atoms with Crippen molar-refractivity contribution < 1.29 is 8.42 Å². The zero-order chi connectivity index (χ0) is 14.4. The molecule has 2 rings (SSSR count). The molecule has 0 saturated carbocycles. The lowest BCUT2D eigenvalue weighted by atomic mass is 10.3. The predicted molar refractivity (Wildman–Crippen MR) is 73.7 cm³/mol. The lowest BCUT2D eigenvalue weighted by Gasteiger charge is -2.00. The third-order valence-corrected chi connectivity index (χ3v) is 4.26. The molecule has 20 heavy (non-hydrogen) atoms. The molecule has 0 N–H and O–H groups in total. The van der Waals surface area contributed by atoms with E-state index in [1.807, 2.05) is 36.4 Å². The molecule has 1 aromatic carbocycles.